The van der Waals surface area contributed by atoms with Gasteiger partial charge in [-0.15, -0.1) is 0 Å². The maximum Gasteiger partial charge on any atom is 0.188 e. The maximum absolute atomic E-state index is 11.2. The molecule has 0 aliphatic heterocycles. The van der Waals surface area contributed by atoms with E-state index < -0.39 is 0 Å². The van der Waals surface area contributed by atoms with Crippen LogP contribution in [0.2, 0.25) is 0 Å². The van der Waals surface area contributed by atoms with Gasteiger partial charge in [-0.3, -0.25) is 9.78 Å². The molecule has 1 heterocycles. The topological polar surface area (TPSA) is 48.4 Å². The van der Waals surface area contributed by atoms with Gasteiger partial charge in [-0.2, -0.15) is 0 Å². The van der Waals surface area contributed by atoms with Crippen LogP contribution in [0.4, 0.5) is 0 Å². The van der Waals surface area contributed by atoms with Crippen LogP contribution in [0.1, 0.15) is 22.8 Å². The van der Waals surface area contributed by atoms with Crippen LogP contribution >= 0.6 is 0 Å². The average molecular weight is 271 g/mol. The van der Waals surface area contributed by atoms with Gasteiger partial charge in [0.15, 0.2) is 13.1 Å². The molecule has 0 saturated carbocycles. The molecule has 1 aromatic carbocycles. The number of aldehydes is 1. The Morgan fingerprint density at radius 3 is 2.80 bits per heavy atom. The molecule has 4 heteroatoms. The van der Waals surface area contributed by atoms with Crippen molar-refractivity contribution in [2.24, 2.45) is 0 Å². The van der Waals surface area contributed by atoms with Gasteiger partial charge < -0.3 is 9.47 Å². The summed E-state index contributed by atoms with van der Waals surface area (Å²) in [6.07, 6.45) is 5.04. The molecule has 0 atom stereocenters. The Hall–Kier alpha value is -2.20. The van der Waals surface area contributed by atoms with E-state index in [1.54, 1.807) is 25.6 Å². The van der Waals surface area contributed by atoms with Gasteiger partial charge in [-0.25, -0.2) is 0 Å². The minimum Gasteiger partial charge on any atom is -0.468 e. The van der Waals surface area contributed by atoms with E-state index in [9.17, 15) is 4.79 Å². The van der Waals surface area contributed by atoms with E-state index in [1.165, 1.54) is 0 Å². The van der Waals surface area contributed by atoms with Gasteiger partial charge in [-0.1, -0.05) is 13.0 Å². The molecule has 20 heavy (non-hydrogen) atoms. The third-order valence-electron chi connectivity index (χ3n) is 3.08. The fraction of sp³-hybridized carbons (Fsp3) is 0.250. The molecule has 4 nitrogen and oxygen atoms in total. The van der Waals surface area contributed by atoms with Crippen LogP contribution in [-0.2, 0) is 11.2 Å². The van der Waals surface area contributed by atoms with Crippen molar-refractivity contribution < 1.29 is 14.3 Å². The maximum atomic E-state index is 11.2. The lowest BCUT2D eigenvalue weighted by atomic mass is 9.96. The number of hydrogen-bond donors (Lipinski definition) is 0. The second kappa shape index (κ2) is 6.82. The van der Waals surface area contributed by atoms with Gasteiger partial charge in [-0.05, 0) is 35.7 Å². The second-order valence-electron chi connectivity index (χ2n) is 4.30. The van der Waals surface area contributed by atoms with Gasteiger partial charge in [0.1, 0.15) is 5.75 Å². The summed E-state index contributed by atoms with van der Waals surface area (Å²) in [4.78, 5) is 15.3. The van der Waals surface area contributed by atoms with Crippen LogP contribution < -0.4 is 4.74 Å². The van der Waals surface area contributed by atoms with E-state index >= 15 is 0 Å². The fourth-order valence-electron chi connectivity index (χ4n) is 2.06. The Kier molecular flexibility index (Phi) is 4.85. The zero-order valence-electron chi connectivity index (χ0n) is 11.6. The summed E-state index contributed by atoms with van der Waals surface area (Å²) < 4.78 is 10.4. The third-order valence-corrected chi connectivity index (χ3v) is 3.08. The summed E-state index contributed by atoms with van der Waals surface area (Å²) >= 11 is 0. The molecular weight excluding hydrogens is 254 g/mol. The van der Waals surface area contributed by atoms with Crippen LogP contribution in [0.15, 0.2) is 36.7 Å². The zero-order valence-corrected chi connectivity index (χ0v) is 11.6. The van der Waals surface area contributed by atoms with E-state index in [4.69, 9.17) is 9.47 Å². The molecule has 1 aromatic heterocycles. The predicted octanol–water partition coefficient (Wildman–Crippen LogP) is 3.11. The normalized spacial score (nSPS) is 10.3. The lowest BCUT2D eigenvalue weighted by Crippen LogP contribution is -2.00. The van der Waals surface area contributed by atoms with E-state index in [2.05, 4.69) is 11.9 Å². The number of aryl methyl sites for hydroxylation is 1. The van der Waals surface area contributed by atoms with Crippen LogP contribution in [0.25, 0.3) is 11.1 Å². The van der Waals surface area contributed by atoms with Crippen molar-refractivity contribution in [1.29, 1.82) is 0 Å². The van der Waals surface area contributed by atoms with Crippen molar-refractivity contribution in [1.82, 2.24) is 4.98 Å². The smallest absolute Gasteiger partial charge is 0.188 e. The van der Waals surface area contributed by atoms with Crippen LogP contribution in [0, 0.1) is 0 Å². The van der Waals surface area contributed by atoms with Crippen molar-refractivity contribution in [2.75, 3.05) is 13.9 Å². The number of rotatable bonds is 6. The highest BCUT2D eigenvalue weighted by atomic mass is 16.7. The molecule has 0 aliphatic rings. The molecular formula is C16H17NO3. The van der Waals surface area contributed by atoms with Gasteiger partial charge in [0.2, 0.25) is 0 Å². The number of aromatic nitrogens is 1. The minimum atomic E-state index is 0.193. The largest absolute Gasteiger partial charge is 0.468 e. The van der Waals surface area contributed by atoms with Crippen LogP contribution in [0.5, 0.6) is 5.75 Å². The summed E-state index contributed by atoms with van der Waals surface area (Å²) in [6.45, 7) is 2.27. The van der Waals surface area contributed by atoms with Gasteiger partial charge >= 0.3 is 0 Å². The molecule has 0 N–H and O–H groups in total. The van der Waals surface area contributed by atoms with Crippen molar-refractivity contribution >= 4 is 6.29 Å². The Balaban J connectivity index is 2.49. The molecule has 104 valence electrons. The highest BCUT2D eigenvalue weighted by Crippen LogP contribution is 2.30. The summed E-state index contributed by atoms with van der Waals surface area (Å²) in [5, 5.41) is 0. The SMILES string of the molecule is CCc1ccc(OCOC)cc1-c1cnccc1C=O. The zero-order chi connectivity index (χ0) is 14.4. The first-order valence-corrected chi connectivity index (χ1v) is 6.44. The molecule has 0 aliphatic carbocycles. The van der Waals surface area contributed by atoms with Crippen LogP contribution in [-0.4, -0.2) is 25.2 Å². The standard InChI is InChI=1S/C16H17NO3/c1-3-12-4-5-14(20-11-19-2)8-15(12)16-9-17-7-6-13(16)10-18/h4-10H,3,11H2,1-2H3. The Morgan fingerprint density at radius 1 is 1.25 bits per heavy atom. The van der Waals surface area contributed by atoms with E-state index in [-0.39, 0.29) is 6.79 Å². The predicted molar refractivity (Wildman–Crippen MR) is 76.9 cm³/mol. The first-order chi connectivity index (χ1) is 9.80. The van der Waals surface area contributed by atoms with Crippen molar-refractivity contribution in [2.45, 2.75) is 13.3 Å². The molecule has 2 aromatic rings. The molecule has 0 bridgehead atoms. The summed E-state index contributed by atoms with van der Waals surface area (Å²) in [6, 6.07) is 7.53. The fourth-order valence-corrected chi connectivity index (χ4v) is 2.06. The quantitative estimate of drug-likeness (QED) is 0.598. The molecule has 0 unspecified atom stereocenters. The highest BCUT2D eigenvalue weighted by molar-refractivity contribution is 5.88. The Morgan fingerprint density at radius 2 is 2.10 bits per heavy atom. The summed E-state index contributed by atoms with van der Waals surface area (Å²) in [7, 11) is 1.58. The van der Waals surface area contributed by atoms with E-state index in [0.29, 0.717) is 11.3 Å². The van der Waals surface area contributed by atoms with Crippen LogP contribution in [0.3, 0.4) is 0 Å². The molecule has 2 rings (SSSR count). The highest BCUT2D eigenvalue weighted by Gasteiger charge is 2.10. The summed E-state index contributed by atoms with van der Waals surface area (Å²) in [5.74, 6) is 0.708. The lowest BCUT2D eigenvalue weighted by molar-refractivity contribution is 0.0511. The number of hydrogen-bond acceptors (Lipinski definition) is 4. The number of pyridine rings is 1. The number of carbonyl (C=O) groups is 1. The average Bonchev–Trinajstić information content (AvgIpc) is 2.52. The number of ether oxygens (including phenoxy) is 2. The van der Waals surface area contributed by atoms with Gasteiger partial charge in [0.25, 0.3) is 0 Å². The number of nitrogens with zero attached hydrogens (tertiary/aromatic N) is 1. The molecule has 0 radical (unpaired) electrons. The molecule has 0 saturated heterocycles. The lowest BCUT2D eigenvalue weighted by Gasteiger charge is -2.12. The Bertz CT molecular complexity index is 596. The molecule has 0 fully saturated rings. The minimum absolute atomic E-state index is 0.193. The second-order valence-corrected chi connectivity index (χ2v) is 4.30. The number of methoxy groups -OCH3 is 1. The molecule has 0 amide bonds. The number of carbonyl (C=O) groups excluding carboxylic acids is 1. The number of benzene rings is 1. The monoisotopic (exact) mass is 271 g/mol. The van der Waals surface area contributed by atoms with E-state index in [0.717, 1.165) is 29.4 Å². The van der Waals surface area contributed by atoms with Gasteiger partial charge in [0, 0.05) is 30.6 Å². The Labute approximate surface area is 118 Å². The van der Waals surface area contributed by atoms with Gasteiger partial charge in [0.05, 0.1) is 0 Å². The third kappa shape index (κ3) is 3.03. The van der Waals surface area contributed by atoms with E-state index in [1.807, 2.05) is 18.2 Å². The molecule has 0 spiro atoms. The van der Waals surface area contributed by atoms with Crippen molar-refractivity contribution in [3.05, 3.63) is 47.8 Å². The first kappa shape index (κ1) is 14.2. The first-order valence-electron chi connectivity index (χ1n) is 6.44. The van der Waals surface area contributed by atoms with Crippen molar-refractivity contribution in [3.63, 3.8) is 0 Å². The van der Waals surface area contributed by atoms with Crippen molar-refractivity contribution in [3.8, 4) is 16.9 Å². The summed E-state index contributed by atoms with van der Waals surface area (Å²) in [5.41, 5.74) is 3.56.